The lowest BCUT2D eigenvalue weighted by Crippen LogP contribution is -2.41. The number of amides is 1. The summed E-state index contributed by atoms with van der Waals surface area (Å²) in [7, 11) is 0. The number of halogens is 2. The van der Waals surface area contributed by atoms with Crippen molar-refractivity contribution in [3.05, 3.63) is 69.4 Å². The summed E-state index contributed by atoms with van der Waals surface area (Å²) in [5, 5.41) is 6.30. The second-order valence-corrected chi connectivity index (χ2v) is 12.4. The van der Waals surface area contributed by atoms with Crippen LogP contribution in [0.5, 0.6) is 0 Å². The second kappa shape index (κ2) is 11.2. The van der Waals surface area contributed by atoms with E-state index in [1.165, 1.54) is 23.5 Å². The van der Waals surface area contributed by atoms with Gasteiger partial charge in [0.15, 0.2) is 0 Å². The minimum atomic E-state index is -0.377. The maximum absolute atomic E-state index is 14.0. The van der Waals surface area contributed by atoms with Crippen LogP contribution in [0, 0.1) is 11.2 Å². The molecule has 0 atom stereocenters. The molecular weight excluding hydrogens is 521 g/mol. The number of thiazole rings is 1. The molecule has 2 heterocycles. The van der Waals surface area contributed by atoms with Crippen LogP contribution in [0.3, 0.4) is 0 Å². The first-order chi connectivity index (χ1) is 16.6. The Morgan fingerprint density at radius 1 is 1.23 bits per heavy atom. The Balaban J connectivity index is 1.41. The topological polar surface area (TPSA) is 45.2 Å². The standard InChI is InChI=1S/C26H29ClFN3OS3/c1-26(2,25(33)34)15-31-11-9-17(10-12-31)24-30-22(14-35-24)23(32)29-21-8-7-19(28)13-20(21)16-3-5-18(27)6-4-16/h3-8,13-14,17,25,33-34H,9-12,15H2,1-2H3,(H,29,32). The zero-order chi connectivity index (χ0) is 25.2. The van der Waals surface area contributed by atoms with Gasteiger partial charge in [0.05, 0.1) is 9.59 Å². The van der Waals surface area contributed by atoms with E-state index in [1.807, 2.05) is 0 Å². The molecule has 4 rings (SSSR count). The largest absolute Gasteiger partial charge is 0.320 e. The van der Waals surface area contributed by atoms with Crippen molar-refractivity contribution in [2.45, 2.75) is 37.2 Å². The third kappa shape index (κ3) is 6.60. The van der Waals surface area contributed by atoms with Crippen LogP contribution in [0.1, 0.15) is 48.1 Å². The van der Waals surface area contributed by atoms with Crippen molar-refractivity contribution < 1.29 is 9.18 Å². The Labute approximate surface area is 226 Å². The smallest absolute Gasteiger partial charge is 0.275 e. The first-order valence-electron chi connectivity index (χ1n) is 11.5. The first-order valence-corrected chi connectivity index (χ1v) is 13.8. The molecule has 35 heavy (non-hydrogen) atoms. The highest BCUT2D eigenvalue weighted by atomic mass is 35.5. The van der Waals surface area contributed by atoms with Gasteiger partial charge in [-0.15, -0.1) is 11.3 Å². The number of nitrogens with one attached hydrogen (secondary N) is 1. The average molecular weight is 550 g/mol. The predicted octanol–water partition coefficient (Wildman–Crippen LogP) is 7.25. The van der Waals surface area contributed by atoms with Crippen LogP contribution in [0.25, 0.3) is 11.1 Å². The minimum absolute atomic E-state index is 0.0245. The molecule has 0 aliphatic carbocycles. The van der Waals surface area contributed by atoms with Gasteiger partial charge in [-0.2, -0.15) is 25.3 Å². The molecule has 1 aromatic heterocycles. The van der Waals surface area contributed by atoms with Crippen LogP contribution in [0.4, 0.5) is 10.1 Å². The van der Waals surface area contributed by atoms with Crippen molar-refractivity contribution in [2.75, 3.05) is 25.0 Å². The molecular formula is C26H29ClFN3OS3. The van der Waals surface area contributed by atoms with Crippen molar-refractivity contribution in [2.24, 2.45) is 5.41 Å². The van der Waals surface area contributed by atoms with Crippen molar-refractivity contribution in [1.29, 1.82) is 0 Å². The van der Waals surface area contributed by atoms with Gasteiger partial charge in [-0.1, -0.05) is 37.6 Å². The van der Waals surface area contributed by atoms with E-state index in [0.717, 1.165) is 43.0 Å². The predicted molar refractivity (Wildman–Crippen MR) is 151 cm³/mol. The fourth-order valence-corrected chi connectivity index (χ4v) is 5.52. The van der Waals surface area contributed by atoms with E-state index in [1.54, 1.807) is 35.7 Å². The van der Waals surface area contributed by atoms with E-state index in [9.17, 15) is 9.18 Å². The summed E-state index contributed by atoms with van der Waals surface area (Å²) in [6, 6.07) is 11.4. The zero-order valence-electron chi connectivity index (χ0n) is 19.7. The Bertz CT molecular complexity index is 1170. The van der Waals surface area contributed by atoms with Gasteiger partial charge in [-0.25, -0.2) is 9.37 Å². The average Bonchev–Trinajstić information content (AvgIpc) is 3.31. The summed E-state index contributed by atoms with van der Waals surface area (Å²) < 4.78 is 14.0. The monoisotopic (exact) mass is 549 g/mol. The van der Waals surface area contributed by atoms with Gasteiger partial charge in [0.1, 0.15) is 11.5 Å². The summed E-state index contributed by atoms with van der Waals surface area (Å²) in [6.07, 6.45) is 2.01. The molecule has 2 aromatic carbocycles. The highest BCUT2D eigenvalue weighted by Gasteiger charge is 2.30. The highest BCUT2D eigenvalue weighted by Crippen LogP contribution is 2.35. The van der Waals surface area contributed by atoms with E-state index in [2.05, 4.69) is 54.3 Å². The van der Waals surface area contributed by atoms with E-state index >= 15 is 0 Å². The molecule has 1 aliphatic heterocycles. The van der Waals surface area contributed by atoms with Crippen LogP contribution in [-0.4, -0.2) is 40.0 Å². The number of hydrogen-bond acceptors (Lipinski definition) is 6. The molecule has 1 amide bonds. The van der Waals surface area contributed by atoms with Crippen molar-refractivity contribution in [1.82, 2.24) is 9.88 Å². The lowest BCUT2D eigenvalue weighted by molar-refractivity contribution is 0.102. The van der Waals surface area contributed by atoms with Gasteiger partial charge in [-0.3, -0.25) is 4.79 Å². The van der Waals surface area contributed by atoms with Gasteiger partial charge >= 0.3 is 0 Å². The summed E-state index contributed by atoms with van der Waals surface area (Å²) in [4.78, 5) is 20.1. The number of thiol groups is 2. The SMILES string of the molecule is CC(C)(CN1CCC(c2nc(C(=O)Nc3ccc(F)cc3-c3ccc(Cl)cc3)cs2)CC1)C(S)S. The Morgan fingerprint density at radius 2 is 1.91 bits per heavy atom. The van der Waals surface area contributed by atoms with Gasteiger partial charge in [0.2, 0.25) is 0 Å². The molecule has 1 fully saturated rings. The van der Waals surface area contributed by atoms with E-state index in [-0.39, 0.29) is 21.7 Å². The third-order valence-corrected chi connectivity index (χ3v) is 9.06. The minimum Gasteiger partial charge on any atom is -0.320 e. The number of nitrogens with zero attached hydrogens (tertiary/aromatic N) is 2. The Kier molecular flexibility index (Phi) is 8.49. The Hall–Kier alpha value is -1.58. The first kappa shape index (κ1) is 26.5. The number of benzene rings is 2. The number of aromatic nitrogens is 1. The van der Waals surface area contributed by atoms with Crippen LogP contribution >= 0.6 is 48.2 Å². The van der Waals surface area contributed by atoms with Gasteiger partial charge in [-0.05, 0) is 67.2 Å². The lowest BCUT2D eigenvalue weighted by Gasteiger charge is -2.38. The molecule has 0 saturated carbocycles. The molecule has 0 spiro atoms. The highest BCUT2D eigenvalue weighted by molar-refractivity contribution is 7.99. The van der Waals surface area contributed by atoms with Gasteiger partial charge in [0.25, 0.3) is 5.91 Å². The van der Waals surface area contributed by atoms with E-state index in [0.29, 0.717) is 27.9 Å². The number of carbonyl (C=O) groups excluding carboxylic acids is 1. The number of piperidine rings is 1. The molecule has 1 aliphatic rings. The van der Waals surface area contributed by atoms with Crippen molar-refractivity contribution in [3.8, 4) is 11.1 Å². The second-order valence-electron chi connectivity index (χ2n) is 9.63. The fraction of sp³-hybridized carbons (Fsp3) is 0.385. The van der Waals surface area contributed by atoms with Crippen LogP contribution in [-0.2, 0) is 0 Å². The number of hydrogen-bond donors (Lipinski definition) is 3. The fourth-order valence-electron chi connectivity index (χ4n) is 4.26. The molecule has 1 saturated heterocycles. The lowest BCUT2D eigenvalue weighted by atomic mass is 9.91. The molecule has 0 bridgehead atoms. The quantitative estimate of drug-likeness (QED) is 0.215. The molecule has 186 valence electrons. The summed E-state index contributed by atoms with van der Waals surface area (Å²) in [5.41, 5.74) is 2.28. The normalized spacial score (nSPS) is 15.5. The zero-order valence-corrected chi connectivity index (χ0v) is 23.0. The van der Waals surface area contributed by atoms with Crippen molar-refractivity contribution >= 4 is 59.8 Å². The van der Waals surface area contributed by atoms with E-state index < -0.39 is 0 Å². The molecule has 0 unspecified atom stereocenters. The third-order valence-electron chi connectivity index (χ3n) is 6.41. The van der Waals surface area contributed by atoms with E-state index in [4.69, 9.17) is 11.6 Å². The van der Waals surface area contributed by atoms with Crippen LogP contribution < -0.4 is 5.32 Å². The Morgan fingerprint density at radius 3 is 2.57 bits per heavy atom. The molecule has 9 heteroatoms. The summed E-state index contributed by atoms with van der Waals surface area (Å²) in [5.74, 6) is -0.334. The maximum atomic E-state index is 14.0. The number of rotatable bonds is 7. The number of carbonyl (C=O) groups is 1. The van der Waals surface area contributed by atoms with Crippen LogP contribution in [0.2, 0.25) is 5.02 Å². The van der Waals surface area contributed by atoms with Crippen molar-refractivity contribution in [3.63, 3.8) is 0 Å². The van der Waals surface area contributed by atoms with Gasteiger partial charge in [0, 0.05) is 34.1 Å². The van der Waals surface area contributed by atoms with Crippen LogP contribution in [0.15, 0.2) is 47.8 Å². The maximum Gasteiger partial charge on any atom is 0.275 e. The summed E-state index contributed by atoms with van der Waals surface area (Å²) >= 11 is 16.5. The molecule has 3 aromatic rings. The molecule has 1 N–H and O–H groups in total. The number of anilines is 1. The molecule has 4 nitrogen and oxygen atoms in total. The molecule has 0 radical (unpaired) electrons. The summed E-state index contributed by atoms with van der Waals surface area (Å²) in [6.45, 7) is 7.31. The number of likely N-dealkylation sites (tertiary alicyclic amines) is 1. The van der Waals surface area contributed by atoms with Gasteiger partial charge < -0.3 is 10.2 Å².